The maximum Gasteiger partial charge on any atom is 0.117 e. The quantitative estimate of drug-likeness (QED) is 0.777. The Morgan fingerprint density at radius 2 is 2.43 bits per heavy atom. The molecule has 3 nitrogen and oxygen atoms in total. The smallest absolute Gasteiger partial charge is 0.117 e. The second-order valence-corrected chi connectivity index (χ2v) is 4.55. The Bertz CT molecular complexity index is 292. The van der Waals surface area contributed by atoms with Gasteiger partial charge in [-0.3, -0.25) is 4.90 Å². The molecule has 1 aliphatic rings. The second kappa shape index (κ2) is 3.41. The third-order valence-corrected chi connectivity index (χ3v) is 3.36. The van der Waals surface area contributed by atoms with Crippen LogP contribution in [-0.2, 0) is 6.54 Å². The fourth-order valence-corrected chi connectivity index (χ4v) is 2.04. The zero-order valence-electron chi connectivity index (χ0n) is 8.86. The van der Waals surface area contributed by atoms with Crippen LogP contribution in [0.1, 0.15) is 26.0 Å². The summed E-state index contributed by atoms with van der Waals surface area (Å²) >= 11 is 0. The topological polar surface area (TPSA) is 42.4 Å². The number of hydrogen-bond donors (Lipinski definition) is 1. The lowest BCUT2D eigenvalue weighted by Crippen LogP contribution is -2.48. The van der Waals surface area contributed by atoms with E-state index in [1.807, 2.05) is 12.1 Å². The fourth-order valence-electron chi connectivity index (χ4n) is 2.04. The van der Waals surface area contributed by atoms with Crippen molar-refractivity contribution in [1.29, 1.82) is 0 Å². The maximum atomic E-state index is 6.06. The average Bonchev–Trinajstić information content (AvgIpc) is 2.70. The SMILES string of the molecule is CC1(C)C(N)CCN1Cc1ccco1. The number of hydrogen-bond acceptors (Lipinski definition) is 3. The Hall–Kier alpha value is -0.800. The van der Waals surface area contributed by atoms with E-state index in [2.05, 4.69) is 18.7 Å². The minimum atomic E-state index is 0.0901. The first-order chi connectivity index (χ1) is 6.60. The highest BCUT2D eigenvalue weighted by Gasteiger charge is 2.38. The van der Waals surface area contributed by atoms with Gasteiger partial charge in [0.05, 0.1) is 12.8 Å². The zero-order chi connectivity index (χ0) is 10.2. The lowest BCUT2D eigenvalue weighted by Gasteiger charge is -2.33. The Morgan fingerprint density at radius 3 is 2.93 bits per heavy atom. The van der Waals surface area contributed by atoms with Gasteiger partial charge in [-0.05, 0) is 32.4 Å². The molecule has 1 saturated heterocycles. The summed E-state index contributed by atoms with van der Waals surface area (Å²) in [6.45, 7) is 6.34. The van der Waals surface area contributed by atoms with E-state index in [0.29, 0.717) is 0 Å². The van der Waals surface area contributed by atoms with Crippen LogP contribution in [0.5, 0.6) is 0 Å². The van der Waals surface area contributed by atoms with Gasteiger partial charge in [0.25, 0.3) is 0 Å². The summed E-state index contributed by atoms with van der Waals surface area (Å²) in [4.78, 5) is 2.39. The molecule has 2 heterocycles. The molecule has 14 heavy (non-hydrogen) atoms. The van der Waals surface area contributed by atoms with E-state index in [1.54, 1.807) is 6.26 Å². The Morgan fingerprint density at radius 1 is 1.64 bits per heavy atom. The molecule has 1 aromatic heterocycles. The van der Waals surface area contributed by atoms with Crippen LogP contribution in [0.25, 0.3) is 0 Å². The predicted octanol–water partition coefficient (Wildman–Crippen LogP) is 1.59. The molecule has 1 aromatic rings. The van der Waals surface area contributed by atoms with E-state index in [4.69, 9.17) is 10.2 Å². The standard InChI is InChI=1S/C11H18N2O/c1-11(2)10(12)5-6-13(11)8-9-4-3-7-14-9/h3-4,7,10H,5-6,8,12H2,1-2H3. The Labute approximate surface area is 84.9 Å². The van der Waals surface area contributed by atoms with E-state index in [1.165, 1.54) is 0 Å². The van der Waals surface area contributed by atoms with E-state index in [0.717, 1.165) is 25.3 Å². The molecule has 0 amide bonds. The molecular weight excluding hydrogens is 176 g/mol. The molecular formula is C11H18N2O. The Balaban J connectivity index is 2.06. The number of rotatable bonds is 2. The molecule has 2 N–H and O–H groups in total. The molecule has 0 saturated carbocycles. The third-order valence-electron chi connectivity index (χ3n) is 3.36. The van der Waals surface area contributed by atoms with Crippen molar-refractivity contribution in [2.75, 3.05) is 6.54 Å². The number of nitrogens with zero attached hydrogens (tertiary/aromatic N) is 1. The average molecular weight is 194 g/mol. The number of likely N-dealkylation sites (tertiary alicyclic amines) is 1. The zero-order valence-corrected chi connectivity index (χ0v) is 8.86. The van der Waals surface area contributed by atoms with Gasteiger partial charge in [-0.1, -0.05) is 0 Å². The third kappa shape index (κ3) is 1.57. The molecule has 3 heteroatoms. The summed E-state index contributed by atoms with van der Waals surface area (Å²) in [5, 5.41) is 0. The molecule has 0 aliphatic carbocycles. The molecule has 1 aliphatic heterocycles. The fraction of sp³-hybridized carbons (Fsp3) is 0.636. The number of nitrogens with two attached hydrogens (primary N) is 1. The van der Waals surface area contributed by atoms with Crippen molar-refractivity contribution in [2.24, 2.45) is 5.73 Å². The Kier molecular flexibility index (Phi) is 2.37. The highest BCUT2D eigenvalue weighted by Crippen LogP contribution is 2.28. The van der Waals surface area contributed by atoms with Gasteiger partial charge in [0, 0.05) is 18.1 Å². The summed E-state index contributed by atoms with van der Waals surface area (Å²) in [6, 6.07) is 4.22. The summed E-state index contributed by atoms with van der Waals surface area (Å²) in [5.74, 6) is 1.02. The van der Waals surface area contributed by atoms with Gasteiger partial charge in [0.1, 0.15) is 5.76 Å². The minimum Gasteiger partial charge on any atom is -0.468 e. The normalized spacial score (nSPS) is 26.9. The largest absolute Gasteiger partial charge is 0.468 e. The van der Waals surface area contributed by atoms with Crippen molar-refractivity contribution in [1.82, 2.24) is 4.90 Å². The van der Waals surface area contributed by atoms with Crippen molar-refractivity contribution in [3.05, 3.63) is 24.2 Å². The first-order valence-corrected chi connectivity index (χ1v) is 5.14. The van der Waals surface area contributed by atoms with Gasteiger partial charge in [-0.15, -0.1) is 0 Å². The van der Waals surface area contributed by atoms with Crippen molar-refractivity contribution in [2.45, 2.75) is 38.4 Å². The van der Waals surface area contributed by atoms with E-state index in [-0.39, 0.29) is 11.6 Å². The first kappa shape index (κ1) is 9.74. The molecule has 78 valence electrons. The molecule has 0 radical (unpaired) electrons. The van der Waals surface area contributed by atoms with Crippen LogP contribution < -0.4 is 5.73 Å². The molecule has 0 spiro atoms. The van der Waals surface area contributed by atoms with Crippen LogP contribution in [0.2, 0.25) is 0 Å². The van der Waals surface area contributed by atoms with Crippen LogP contribution in [0, 0.1) is 0 Å². The van der Waals surface area contributed by atoms with E-state index in [9.17, 15) is 0 Å². The maximum absolute atomic E-state index is 6.06. The first-order valence-electron chi connectivity index (χ1n) is 5.14. The van der Waals surface area contributed by atoms with Crippen LogP contribution in [0.4, 0.5) is 0 Å². The van der Waals surface area contributed by atoms with Crippen molar-refractivity contribution in [3.8, 4) is 0 Å². The molecule has 2 rings (SSSR count). The second-order valence-electron chi connectivity index (χ2n) is 4.55. The van der Waals surface area contributed by atoms with E-state index < -0.39 is 0 Å². The monoisotopic (exact) mass is 194 g/mol. The number of furan rings is 1. The molecule has 1 fully saturated rings. The molecule has 0 bridgehead atoms. The summed E-state index contributed by atoms with van der Waals surface area (Å²) in [6.07, 6.45) is 2.80. The van der Waals surface area contributed by atoms with Crippen molar-refractivity contribution in [3.63, 3.8) is 0 Å². The van der Waals surface area contributed by atoms with Gasteiger partial charge in [-0.25, -0.2) is 0 Å². The summed E-state index contributed by atoms with van der Waals surface area (Å²) in [7, 11) is 0. The van der Waals surface area contributed by atoms with Crippen LogP contribution >= 0.6 is 0 Å². The summed E-state index contributed by atoms with van der Waals surface area (Å²) in [5.41, 5.74) is 6.15. The van der Waals surface area contributed by atoms with E-state index >= 15 is 0 Å². The van der Waals surface area contributed by atoms with Crippen molar-refractivity contribution < 1.29 is 4.42 Å². The lowest BCUT2D eigenvalue weighted by atomic mass is 9.97. The highest BCUT2D eigenvalue weighted by atomic mass is 16.3. The molecule has 0 aromatic carbocycles. The highest BCUT2D eigenvalue weighted by molar-refractivity contribution is 5.03. The van der Waals surface area contributed by atoms with Gasteiger partial charge in [0.2, 0.25) is 0 Å². The van der Waals surface area contributed by atoms with Gasteiger partial charge >= 0.3 is 0 Å². The molecule has 1 unspecified atom stereocenters. The predicted molar refractivity (Wildman–Crippen MR) is 55.8 cm³/mol. The van der Waals surface area contributed by atoms with Crippen LogP contribution in [-0.4, -0.2) is 23.0 Å². The van der Waals surface area contributed by atoms with Gasteiger partial charge < -0.3 is 10.2 Å². The van der Waals surface area contributed by atoms with Crippen LogP contribution in [0.15, 0.2) is 22.8 Å². The van der Waals surface area contributed by atoms with Gasteiger partial charge in [0.15, 0.2) is 0 Å². The van der Waals surface area contributed by atoms with Gasteiger partial charge in [-0.2, -0.15) is 0 Å². The minimum absolute atomic E-state index is 0.0901. The molecule has 1 atom stereocenters. The summed E-state index contributed by atoms with van der Waals surface area (Å²) < 4.78 is 5.34. The lowest BCUT2D eigenvalue weighted by molar-refractivity contribution is 0.143. The van der Waals surface area contributed by atoms with Crippen LogP contribution in [0.3, 0.4) is 0 Å². The van der Waals surface area contributed by atoms with Crippen molar-refractivity contribution >= 4 is 0 Å².